The van der Waals surface area contributed by atoms with Crippen LogP contribution in [0.25, 0.3) is 0 Å². The quantitative estimate of drug-likeness (QED) is 0.905. The van der Waals surface area contributed by atoms with Crippen LogP contribution in [-0.4, -0.2) is 35.9 Å². The summed E-state index contributed by atoms with van der Waals surface area (Å²) in [5.41, 5.74) is -0.642. The van der Waals surface area contributed by atoms with Crippen LogP contribution in [0.3, 0.4) is 0 Å². The molecule has 1 aromatic rings. The van der Waals surface area contributed by atoms with Gasteiger partial charge in [0, 0.05) is 36.1 Å². The summed E-state index contributed by atoms with van der Waals surface area (Å²) in [4.78, 5) is 16.2. The number of amides is 1. The van der Waals surface area contributed by atoms with Gasteiger partial charge in [0.05, 0.1) is 13.2 Å². The average Bonchev–Trinajstić information content (AvgIpc) is 3.21. The molecule has 4 rings (SSSR count). The van der Waals surface area contributed by atoms with Crippen LogP contribution in [0.2, 0.25) is 0 Å². The Labute approximate surface area is 142 Å². The maximum Gasteiger partial charge on any atom is 0.433 e. The molecule has 0 radical (unpaired) electrons. The molecule has 1 unspecified atom stereocenters. The number of hydrogen-bond acceptors (Lipinski definition) is 4. The van der Waals surface area contributed by atoms with Gasteiger partial charge >= 0.3 is 6.18 Å². The summed E-state index contributed by atoms with van der Waals surface area (Å²) in [6.07, 6.45) is -1.06. The number of carbonyl (C=O) groups excluding carboxylic acids is 1. The first-order valence-electron chi connectivity index (χ1n) is 8.53. The van der Waals surface area contributed by atoms with E-state index in [9.17, 15) is 18.0 Å². The van der Waals surface area contributed by atoms with Crippen molar-refractivity contribution < 1.29 is 27.4 Å². The van der Waals surface area contributed by atoms with Gasteiger partial charge in [-0.3, -0.25) is 4.79 Å². The lowest BCUT2D eigenvalue weighted by Gasteiger charge is -2.21. The molecule has 1 saturated heterocycles. The summed E-state index contributed by atoms with van der Waals surface area (Å²) in [6, 6.07) is 2.14. The predicted octanol–water partition coefficient (Wildman–Crippen LogP) is 3.00. The second-order valence-electron chi connectivity index (χ2n) is 6.96. The number of hydrogen-bond donors (Lipinski definition) is 1. The minimum absolute atomic E-state index is 0.0124. The van der Waals surface area contributed by atoms with Crippen molar-refractivity contribution in [1.82, 2.24) is 10.3 Å². The van der Waals surface area contributed by atoms with E-state index >= 15 is 0 Å². The highest BCUT2D eigenvalue weighted by Crippen LogP contribution is 2.41. The lowest BCUT2D eigenvalue weighted by molar-refractivity contribution is -0.151. The molecule has 2 heterocycles. The van der Waals surface area contributed by atoms with E-state index in [1.165, 1.54) is 6.07 Å². The van der Waals surface area contributed by atoms with Gasteiger partial charge in [-0.05, 0) is 31.4 Å². The van der Waals surface area contributed by atoms with Gasteiger partial charge in [0.2, 0.25) is 0 Å². The van der Waals surface area contributed by atoms with Gasteiger partial charge in [-0.15, -0.1) is 0 Å². The predicted molar refractivity (Wildman–Crippen MR) is 81.0 cm³/mol. The zero-order valence-corrected chi connectivity index (χ0v) is 13.6. The molecule has 2 saturated carbocycles. The molecule has 1 atom stereocenters. The minimum atomic E-state index is -4.57. The Hall–Kier alpha value is -1.67. The second kappa shape index (κ2) is 5.95. The van der Waals surface area contributed by atoms with Crippen molar-refractivity contribution in [3.8, 4) is 0 Å². The lowest BCUT2D eigenvalue weighted by atomic mass is 10.1. The van der Waals surface area contributed by atoms with Crippen LogP contribution in [0.4, 0.5) is 13.2 Å². The fourth-order valence-electron chi connectivity index (χ4n) is 3.54. The SMILES string of the molecule is O=C(NC1CCC2(C1)OCCO2)c1cc(C2CC2)nc(C(F)(F)F)c1. The first kappa shape index (κ1) is 16.8. The largest absolute Gasteiger partial charge is 0.433 e. The molecule has 2 aliphatic carbocycles. The summed E-state index contributed by atoms with van der Waals surface area (Å²) < 4.78 is 50.4. The monoisotopic (exact) mass is 356 g/mol. The van der Waals surface area contributed by atoms with E-state index in [1.807, 2.05) is 0 Å². The Morgan fingerprint density at radius 1 is 1.20 bits per heavy atom. The van der Waals surface area contributed by atoms with E-state index in [2.05, 4.69) is 10.3 Å². The summed E-state index contributed by atoms with van der Waals surface area (Å²) in [6.45, 7) is 1.06. The molecular weight excluding hydrogens is 337 g/mol. The molecule has 3 fully saturated rings. The summed E-state index contributed by atoms with van der Waals surface area (Å²) in [5, 5.41) is 2.82. The van der Waals surface area contributed by atoms with Crippen LogP contribution in [-0.2, 0) is 15.7 Å². The smallest absolute Gasteiger partial charge is 0.349 e. The summed E-state index contributed by atoms with van der Waals surface area (Å²) in [5.74, 6) is -1.11. The zero-order chi connectivity index (χ0) is 17.7. The van der Waals surface area contributed by atoms with Gasteiger partial charge in [-0.25, -0.2) is 4.98 Å². The molecule has 0 bridgehead atoms. The van der Waals surface area contributed by atoms with E-state index in [0.717, 1.165) is 18.9 Å². The molecule has 1 N–H and O–H groups in total. The summed E-state index contributed by atoms with van der Waals surface area (Å²) in [7, 11) is 0. The van der Waals surface area contributed by atoms with Gasteiger partial charge in [0.25, 0.3) is 5.91 Å². The van der Waals surface area contributed by atoms with Gasteiger partial charge < -0.3 is 14.8 Å². The number of ether oxygens (including phenoxy) is 2. The maximum absolute atomic E-state index is 13.1. The van der Waals surface area contributed by atoms with Crippen molar-refractivity contribution >= 4 is 5.91 Å². The third-order valence-corrected chi connectivity index (χ3v) is 4.97. The third-order valence-electron chi connectivity index (χ3n) is 4.97. The van der Waals surface area contributed by atoms with Gasteiger partial charge in [-0.2, -0.15) is 13.2 Å². The van der Waals surface area contributed by atoms with Crippen LogP contribution < -0.4 is 5.32 Å². The standard InChI is InChI=1S/C17H19F3N2O3/c18-17(19,20)14-8-11(7-13(22-14)10-1-2-10)15(23)21-12-3-4-16(9-12)24-5-6-25-16/h7-8,10,12H,1-6,9H2,(H,21,23). The highest BCUT2D eigenvalue weighted by atomic mass is 19.4. The van der Waals surface area contributed by atoms with Crippen molar-refractivity contribution in [3.05, 3.63) is 29.1 Å². The fourth-order valence-corrected chi connectivity index (χ4v) is 3.54. The van der Waals surface area contributed by atoms with E-state index < -0.39 is 23.6 Å². The van der Waals surface area contributed by atoms with Crippen molar-refractivity contribution in [2.24, 2.45) is 0 Å². The van der Waals surface area contributed by atoms with Crippen LogP contribution in [0.1, 0.15) is 59.8 Å². The first-order chi connectivity index (χ1) is 11.8. The fraction of sp³-hybridized carbons (Fsp3) is 0.647. The number of alkyl halides is 3. The molecule has 3 aliphatic rings. The Kier molecular flexibility index (Phi) is 3.99. The Morgan fingerprint density at radius 3 is 2.56 bits per heavy atom. The van der Waals surface area contributed by atoms with Gasteiger partial charge in [-0.1, -0.05) is 0 Å². The molecule has 8 heteroatoms. The number of rotatable bonds is 3. The number of nitrogens with one attached hydrogen (secondary N) is 1. The second-order valence-corrected chi connectivity index (χ2v) is 6.96. The topological polar surface area (TPSA) is 60.5 Å². The zero-order valence-electron chi connectivity index (χ0n) is 13.6. The molecule has 1 spiro atoms. The number of nitrogens with zero attached hydrogens (tertiary/aromatic N) is 1. The molecule has 25 heavy (non-hydrogen) atoms. The Balaban J connectivity index is 1.50. The highest BCUT2D eigenvalue weighted by molar-refractivity contribution is 5.94. The molecule has 5 nitrogen and oxygen atoms in total. The first-order valence-corrected chi connectivity index (χ1v) is 8.53. The molecule has 0 aromatic carbocycles. The number of pyridine rings is 1. The van der Waals surface area contributed by atoms with Crippen LogP contribution in [0, 0.1) is 0 Å². The number of carbonyl (C=O) groups is 1. The van der Waals surface area contributed by atoms with Gasteiger partial charge in [0.15, 0.2) is 5.79 Å². The lowest BCUT2D eigenvalue weighted by Crippen LogP contribution is -2.36. The van der Waals surface area contributed by atoms with E-state index in [1.54, 1.807) is 0 Å². The van der Waals surface area contributed by atoms with Crippen LogP contribution in [0.5, 0.6) is 0 Å². The Morgan fingerprint density at radius 2 is 1.92 bits per heavy atom. The highest BCUT2D eigenvalue weighted by Gasteiger charge is 2.44. The van der Waals surface area contributed by atoms with E-state index in [-0.39, 0.29) is 17.5 Å². The average molecular weight is 356 g/mol. The molecule has 136 valence electrons. The van der Waals surface area contributed by atoms with Gasteiger partial charge in [0.1, 0.15) is 5.69 Å². The van der Waals surface area contributed by atoms with Crippen molar-refractivity contribution in [1.29, 1.82) is 0 Å². The van der Waals surface area contributed by atoms with Crippen LogP contribution in [0.15, 0.2) is 12.1 Å². The molecule has 1 aliphatic heterocycles. The third kappa shape index (κ3) is 3.50. The summed E-state index contributed by atoms with van der Waals surface area (Å²) >= 11 is 0. The maximum atomic E-state index is 13.1. The number of aromatic nitrogens is 1. The number of halogens is 3. The molecule has 1 aromatic heterocycles. The normalized spacial score (nSPS) is 25.5. The van der Waals surface area contributed by atoms with Crippen molar-refractivity contribution in [2.75, 3.05) is 13.2 Å². The minimum Gasteiger partial charge on any atom is -0.349 e. The van der Waals surface area contributed by atoms with Crippen molar-refractivity contribution in [2.45, 2.75) is 56.0 Å². The van der Waals surface area contributed by atoms with E-state index in [4.69, 9.17) is 9.47 Å². The van der Waals surface area contributed by atoms with E-state index in [0.29, 0.717) is 38.2 Å². The molecule has 1 amide bonds. The van der Waals surface area contributed by atoms with Crippen LogP contribution >= 0.6 is 0 Å². The molecular formula is C17H19F3N2O3. The Bertz CT molecular complexity index is 682. The van der Waals surface area contributed by atoms with Crippen molar-refractivity contribution in [3.63, 3.8) is 0 Å².